The molecule has 2 rings (SSSR count). The Morgan fingerprint density at radius 2 is 2.05 bits per heavy atom. The molecule has 0 heterocycles. The number of halogens is 1. The largest absolute Gasteiger partial charge is 0.380 e. The van der Waals surface area contributed by atoms with Gasteiger partial charge >= 0.3 is 0 Å². The average molecular weight is 285 g/mol. The molecule has 0 saturated heterocycles. The average Bonchev–Trinajstić information content (AvgIpc) is 3.15. The van der Waals surface area contributed by atoms with Crippen LogP contribution in [0.3, 0.4) is 0 Å². The lowest BCUT2D eigenvalue weighted by molar-refractivity contribution is 0.184. The van der Waals surface area contributed by atoms with Crippen molar-refractivity contribution in [2.45, 2.75) is 32.0 Å². The van der Waals surface area contributed by atoms with Gasteiger partial charge in [-0.25, -0.2) is 0 Å². The van der Waals surface area contributed by atoms with Gasteiger partial charge in [0, 0.05) is 26.2 Å². The van der Waals surface area contributed by atoms with E-state index in [1.807, 2.05) is 0 Å². The van der Waals surface area contributed by atoms with Gasteiger partial charge in [0.2, 0.25) is 0 Å². The quantitative estimate of drug-likeness (QED) is 0.836. The summed E-state index contributed by atoms with van der Waals surface area (Å²) in [6, 6.07) is 9.15. The molecule has 1 aliphatic rings. The summed E-state index contributed by atoms with van der Waals surface area (Å²) in [5.41, 5.74) is 8.46. The Hall–Kier alpha value is -0.610. The highest BCUT2D eigenvalue weighted by Gasteiger charge is 2.32. The molecule has 0 radical (unpaired) electrons. The molecule has 4 heteroatoms. The molecule has 1 fully saturated rings. The van der Waals surface area contributed by atoms with Crippen LogP contribution in [-0.4, -0.2) is 31.6 Å². The van der Waals surface area contributed by atoms with E-state index in [4.69, 9.17) is 10.5 Å². The standard InChI is InChI=1S/C15H24N2O.ClH/c1-17(15(9-16)14-6-7-14)10-12-4-3-5-13(8-12)11-18-2;/h3-5,8,14-15H,6-7,9-11,16H2,1-2H3;1H. The van der Waals surface area contributed by atoms with E-state index in [-0.39, 0.29) is 12.4 Å². The van der Waals surface area contributed by atoms with Gasteiger partial charge in [0.15, 0.2) is 0 Å². The van der Waals surface area contributed by atoms with Crippen molar-refractivity contribution in [3.05, 3.63) is 35.4 Å². The minimum absolute atomic E-state index is 0. The smallest absolute Gasteiger partial charge is 0.0713 e. The third-order valence-corrected chi connectivity index (χ3v) is 3.71. The molecule has 0 spiro atoms. The van der Waals surface area contributed by atoms with Gasteiger partial charge in [-0.3, -0.25) is 4.90 Å². The molecule has 0 aromatic heterocycles. The van der Waals surface area contributed by atoms with E-state index in [1.165, 1.54) is 24.0 Å². The minimum Gasteiger partial charge on any atom is -0.380 e. The molecule has 1 aromatic rings. The van der Waals surface area contributed by atoms with Crippen LogP contribution in [-0.2, 0) is 17.9 Å². The van der Waals surface area contributed by atoms with E-state index in [9.17, 15) is 0 Å². The molecule has 108 valence electrons. The number of hydrogen-bond donors (Lipinski definition) is 1. The van der Waals surface area contributed by atoms with Crippen LogP contribution < -0.4 is 5.73 Å². The second-order valence-electron chi connectivity index (χ2n) is 5.31. The molecule has 0 bridgehead atoms. The number of rotatable bonds is 7. The molecule has 1 atom stereocenters. The van der Waals surface area contributed by atoms with E-state index in [0.29, 0.717) is 12.6 Å². The molecular weight excluding hydrogens is 260 g/mol. The monoisotopic (exact) mass is 284 g/mol. The van der Waals surface area contributed by atoms with Gasteiger partial charge in [-0.05, 0) is 36.9 Å². The molecule has 1 saturated carbocycles. The molecule has 1 aliphatic carbocycles. The van der Waals surface area contributed by atoms with Crippen LogP contribution >= 0.6 is 12.4 Å². The first-order chi connectivity index (χ1) is 8.74. The molecule has 3 nitrogen and oxygen atoms in total. The number of benzene rings is 1. The summed E-state index contributed by atoms with van der Waals surface area (Å²) in [5, 5.41) is 0. The topological polar surface area (TPSA) is 38.5 Å². The SMILES string of the molecule is COCc1cccc(CN(C)C(CN)C2CC2)c1.Cl. The third kappa shape index (κ3) is 4.77. The summed E-state index contributed by atoms with van der Waals surface area (Å²) in [4.78, 5) is 2.39. The van der Waals surface area contributed by atoms with Crippen molar-refractivity contribution >= 4 is 12.4 Å². The van der Waals surface area contributed by atoms with Gasteiger partial charge < -0.3 is 10.5 Å². The molecule has 0 aliphatic heterocycles. The van der Waals surface area contributed by atoms with Gasteiger partial charge in [-0.1, -0.05) is 24.3 Å². The Kier molecular flexibility index (Phi) is 6.80. The zero-order chi connectivity index (χ0) is 13.0. The van der Waals surface area contributed by atoms with Crippen molar-refractivity contribution in [3.63, 3.8) is 0 Å². The van der Waals surface area contributed by atoms with E-state index in [0.717, 1.165) is 19.0 Å². The number of likely N-dealkylation sites (N-methyl/N-ethyl adjacent to an activating group) is 1. The summed E-state index contributed by atoms with van der Waals surface area (Å²) in [6.45, 7) is 2.41. The molecular formula is C15H25ClN2O. The Morgan fingerprint density at radius 1 is 1.37 bits per heavy atom. The van der Waals surface area contributed by atoms with E-state index < -0.39 is 0 Å². The van der Waals surface area contributed by atoms with Gasteiger partial charge in [0.05, 0.1) is 6.61 Å². The van der Waals surface area contributed by atoms with Crippen LogP contribution in [0.25, 0.3) is 0 Å². The summed E-state index contributed by atoms with van der Waals surface area (Å²) >= 11 is 0. The Bertz CT molecular complexity index is 382. The van der Waals surface area contributed by atoms with Crippen LogP contribution in [0.2, 0.25) is 0 Å². The van der Waals surface area contributed by atoms with Crippen LogP contribution in [0, 0.1) is 5.92 Å². The number of methoxy groups -OCH3 is 1. The summed E-state index contributed by atoms with van der Waals surface area (Å²) in [5.74, 6) is 0.821. The zero-order valence-corrected chi connectivity index (χ0v) is 12.7. The van der Waals surface area contributed by atoms with Gasteiger partial charge in [-0.2, -0.15) is 0 Å². The predicted molar refractivity (Wildman–Crippen MR) is 81.4 cm³/mol. The second-order valence-corrected chi connectivity index (χ2v) is 5.31. The lowest BCUT2D eigenvalue weighted by atomic mass is 10.1. The highest BCUT2D eigenvalue weighted by molar-refractivity contribution is 5.85. The highest BCUT2D eigenvalue weighted by atomic mass is 35.5. The summed E-state index contributed by atoms with van der Waals surface area (Å²) in [6.07, 6.45) is 2.69. The van der Waals surface area contributed by atoms with Crippen molar-refractivity contribution in [2.75, 3.05) is 20.7 Å². The van der Waals surface area contributed by atoms with E-state index in [2.05, 4.69) is 36.2 Å². The lowest BCUT2D eigenvalue weighted by Gasteiger charge is -2.27. The Balaban J connectivity index is 0.00000180. The van der Waals surface area contributed by atoms with Crippen molar-refractivity contribution in [1.29, 1.82) is 0 Å². The first-order valence-electron chi connectivity index (χ1n) is 6.71. The first-order valence-corrected chi connectivity index (χ1v) is 6.71. The Labute approximate surface area is 122 Å². The van der Waals surface area contributed by atoms with Crippen molar-refractivity contribution in [3.8, 4) is 0 Å². The van der Waals surface area contributed by atoms with Crippen LogP contribution in [0.4, 0.5) is 0 Å². The second kappa shape index (κ2) is 7.85. The molecule has 1 aromatic carbocycles. The predicted octanol–water partition coefficient (Wildman–Crippen LogP) is 2.42. The summed E-state index contributed by atoms with van der Waals surface area (Å²) in [7, 11) is 3.91. The number of nitrogens with two attached hydrogens (primary N) is 1. The first kappa shape index (κ1) is 16.4. The lowest BCUT2D eigenvalue weighted by Crippen LogP contribution is -2.39. The van der Waals surface area contributed by atoms with Crippen LogP contribution in [0.5, 0.6) is 0 Å². The number of ether oxygens (including phenoxy) is 1. The summed E-state index contributed by atoms with van der Waals surface area (Å²) < 4.78 is 5.17. The fraction of sp³-hybridized carbons (Fsp3) is 0.600. The fourth-order valence-electron chi connectivity index (χ4n) is 2.60. The minimum atomic E-state index is 0. The molecule has 2 N–H and O–H groups in total. The van der Waals surface area contributed by atoms with E-state index >= 15 is 0 Å². The maximum Gasteiger partial charge on any atom is 0.0713 e. The molecule has 0 amide bonds. The number of nitrogens with zero attached hydrogens (tertiary/aromatic N) is 1. The van der Waals surface area contributed by atoms with Crippen molar-refractivity contribution in [2.24, 2.45) is 11.7 Å². The fourth-order valence-corrected chi connectivity index (χ4v) is 2.60. The van der Waals surface area contributed by atoms with Gasteiger partial charge in [-0.15, -0.1) is 12.4 Å². The third-order valence-electron chi connectivity index (χ3n) is 3.71. The van der Waals surface area contributed by atoms with E-state index in [1.54, 1.807) is 7.11 Å². The maximum absolute atomic E-state index is 5.88. The van der Waals surface area contributed by atoms with Crippen molar-refractivity contribution in [1.82, 2.24) is 4.90 Å². The van der Waals surface area contributed by atoms with Gasteiger partial charge in [0.25, 0.3) is 0 Å². The highest BCUT2D eigenvalue weighted by Crippen LogP contribution is 2.34. The molecule has 1 unspecified atom stereocenters. The van der Waals surface area contributed by atoms with Crippen LogP contribution in [0.15, 0.2) is 24.3 Å². The molecule has 19 heavy (non-hydrogen) atoms. The van der Waals surface area contributed by atoms with Crippen LogP contribution in [0.1, 0.15) is 24.0 Å². The Morgan fingerprint density at radius 3 is 2.63 bits per heavy atom. The number of hydrogen-bond acceptors (Lipinski definition) is 3. The van der Waals surface area contributed by atoms with Gasteiger partial charge in [0.1, 0.15) is 0 Å². The maximum atomic E-state index is 5.88. The normalized spacial score (nSPS) is 16.2. The zero-order valence-electron chi connectivity index (χ0n) is 11.8. The van der Waals surface area contributed by atoms with Crippen molar-refractivity contribution < 1.29 is 4.74 Å².